The van der Waals surface area contributed by atoms with Gasteiger partial charge < -0.3 is 15.5 Å². The molecule has 0 saturated carbocycles. The second kappa shape index (κ2) is 6.35. The average molecular weight is 243 g/mol. The van der Waals surface area contributed by atoms with Crippen molar-refractivity contribution < 1.29 is 10.2 Å². The highest BCUT2D eigenvalue weighted by Crippen LogP contribution is 2.25. The lowest BCUT2D eigenvalue weighted by atomic mass is 9.97. The van der Waals surface area contributed by atoms with Crippen LogP contribution in [0.15, 0.2) is 17.5 Å². The van der Waals surface area contributed by atoms with Gasteiger partial charge in [0, 0.05) is 17.5 Å². The van der Waals surface area contributed by atoms with Gasteiger partial charge in [-0.3, -0.25) is 0 Å². The van der Waals surface area contributed by atoms with Crippen LogP contribution < -0.4 is 5.32 Å². The number of thiophene rings is 1. The zero-order valence-electron chi connectivity index (χ0n) is 10.1. The molecule has 1 aromatic heterocycles. The first kappa shape index (κ1) is 13.6. The van der Waals surface area contributed by atoms with Crippen LogP contribution in [0.1, 0.15) is 31.8 Å². The van der Waals surface area contributed by atoms with E-state index in [4.69, 9.17) is 0 Å². The lowest BCUT2D eigenvalue weighted by Crippen LogP contribution is -2.42. The van der Waals surface area contributed by atoms with E-state index < -0.39 is 12.2 Å². The minimum absolute atomic E-state index is 0.0201. The van der Waals surface area contributed by atoms with Crippen LogP contribution in [0.5, 0.6) is 0 Å². The topological polar surface area (TPSA) is 52.5 Å². The van der Waals surface area contributed by atoms with Crippen molar-refractivity contribution >= 4 is 11.3 Å². The molecule has 4 heteroatoms. The van der Waals surface area contributed by atoms with E-state index in [2.05, 4.69) is 19.2 Å². The maximum absolute atomic E-state index is 10.2. The molecule has 92 valence electrons. The van der Waals surface area contributed by atoms with Crippen molar-refractivity contribution in [2.45, 2.75) is 39.0 Å². The maximum atomic E-state index is 10.2. The van der Waals surface area contributed by atoms with Gasteiger partial charge in [0.05, 0.1) is 6.10 Å². The fourth-order valence-corrected chi connectivity index (χ4v) is 2.41. The molecular weight excluding hydrogens is 222 g/mol. The molecule has 1 heterocycles. The first-order valence-corrected chi connectivity index (χ1v) is 6.53. The molecule has 0 bridgehead atoms. The zero-order valence-corrected chi connectivity index (χ0v) is 10.9. The van der Waals surface area contributed by atoms with Crippen molar-refractivity contribution in [2.24, 2.45) is 5.92 Å². The summed E-state index contributed by atoms with van der Waals surface area (Å²) in [5, 5.41) is 24.6. The summed E-state index contributed by atoms with van der Waals surface area (Å²) in [7, 11) is 0. The Morgan fingerprint density at radius 2 is 2.00 bits per heavy atom. The molecule has 3 nitrogen and oxygen atoms in total. The standard InChI is InChI=1S/C12H21NO2S/c1-8(2)11(13-7-9(3)14)12(15)10-5-4-6-16-10/h4-6,8-9,11-15H,7H2,1-3H3. The van der Waals surface area contributed by atoms with E-state index in [0.717, 1.165) is 4.88 Å². The lowest BCUT2D eigenvalue weighted by molar-refractivity contribution is 0.0957. The molecule has 0 aliphatic rings. The van der Waals surface area contributed by atoms with Gasteiger partial charge in [-0.2, -0.15) is 0 Å². The number of rotatable bonds is 6. The number of aliphatic hydroxyl groups excluding tert-OH is 2. The van der Waals surface area contributed by atoms with Crippen molar-refractivity contribution in [3.63, 3.8) is 0 Å². The molecule has 3 atom stereocenters. The van der Waals surface area contributed by atoms with Crippen molar-refractivity contribution in [2.75, 3.05) is 6.54 Å². The molecule has 1 rings (SSSR count). The summed E-state index contributed by atoms with van der Waals surface area (Å²) in [5.41, 5.74) is 0. The van der Waals surface area contributed by atoms with Gasteiger partial charge in [-0.15, -0.1) is 11.3 Å². The summed E-state index contributed by atoms with van der Waals surface area (Å²) < 4.78 is 0. The number of hydrogen-bond acceptors (Lipinski definition) is 4. The Bertz CT molecular complexity index is 285. The maximum Gasteiger partial charge on any atom is 0.104 e. The number of aliphatic hydroxyl groups is 2. The van der Waals surface area contributed by atoms with Gasteiger partial charge in [-0.25, -0.2) is 0 Å². The van der Waals surface area contributed by atoms with Gasteiger partial charge >= 0.3 is 0 Å². The minimum atomic E-state index is -0.501. The van der Waals surface area contributed by atoms with E-state index in [-0.39, 0.29) is 6.04 Å². The monoisotopic (exact) mass is 243 g/mol. The van der Waals surface area contributed by atoms with Crippen LogP contribution in [0.3, 0.4) is 0 Å². The van der Waals surface area contributed by atoms with Crippen molar-refractivity contribution in [1.82, 2.24) is 5.32 Å². The number of hydrogen-bond donors (Lipinski definition) is 3. The number of nitrogens with one attached hydrogen (secondary N) is 1. The predicted octanol–water partition coefficient (Wildman–Crippen LogP) is 1.78. The van der Waals surface area contributed by atoms with E-state index in [0.29, 0.717) is 12.5 Å². The van der Waals surface area contributed by atoms with Crippen LogP contribution in [0.25, 0.3) is 0 Å². The highest BCUT2D eigenvalue weighted by atomic mass is 32.1. The third-order valence-electron chi connectivity index (χ3n) is 2.54. The normalized spacial score (nSPS) is 17.4. The van der Waals surface area contributed by atoms with Gasteiger partial charge in [0.25, 0.3) is 0 Å². The fraction of sp³-hybridized carbons (Fsp3) is 0.667. The van der Waals surface area contributed by atoms with E-state index >= 15 is 0 Å². The summed E-state index contributed by atoms with van der Waals surface area (Å²) in [5.74, 6) is 0.316. The van der Waals surface area contributed by atoms with E-state index in [9.17, 15) is 10.2 Å². The largest absolute Gasteiger partial charge is 0.392 e. The molecule has 16 heavy (non-hydrogen) atoms. The second-order valence-electron chi connectivity index (χ2n) is 4.49. The van der Waals surface area contributed by atoms with E-state index in [1.165, 1.54) is 0 Å². The van der Waals surface area contributed by atoms with E-state index in [1.807, 2.05) is 17.5 Å². The van der Waals surface area contributed by atoms with Crippen molar-refractivity contribution in [3.8, 4) is 0 Å². The molecule has 0 aliphatic carbocycles. The van der Waals surface area contributed by atoms with Crippen LogP contribution in [0.2, 0.25) is 0 Å². The average Bonchev–Trinajstić information content (AvgIpc) is 2.69. The van der Waals surface area contributed by atoms with Crippen LogP contribution in [0, 0.1) is 5.92 Å². The Morgan fingerprint density at radius 3 is 2.44 bits per heavy atom. The second-order valence-corrected chi connectivity index (χ2v) is 5.47. The van der Waals surface area contributed by atoms with Crippen molar-refractivity contribution in [3.05, 3.63) is 22.4 Å². The Kier molecular flexibility index (Phi) is 5.41. The van der Waals surface area contributed by atoms with E-state index in [1.54, 1.807) is 18.3 Å². The van der Waals surface area contributed by atoms with Crippen LogP contribution in [-0.4, -0.2) is 28.9 Å². The summed E-state index contributed by atoms with van der Waals surface area (Å²) in [6, 6.07) is 3.86. The zero-order chi connectivity index (χ0) is 12.1. The molecule has 1 aromatic rings. The summed E-state index contributed by atoms with van der Waals surface area (Å²) in [6.45, 7) is 6.38. The quantitative estimate of drug-likeness (QED) is 0.714. The molecule has 0 fully saturated rings. The van der Waals surface area contributed by atoms with Gasteiger partial charge in [-0.05, 0) is 24.3 Å². The molecule has 0 radical (unpaired) electrons. The molecule has 0 amide bonds. The summed E-state index contributed by atoms with van der Waals surface area (Å²) in [6.07, 6.45) is -0.893. The minimum Gasteiger partial charge on any atom is -0.392 e. The third-order valence-corrected chi connectivity index (χ3v) is 3.49. The molecule has 0 spiro atoms. The highest BCUT2D eigenvalue weighted by molar-refractivity contribution is 7.10. The molecule has 0 aromatic carbocycles. The summed E-state index contributed by atoms with van der Waals surface area (Å²) in [4.78, 5) is 0.969. The smallest absolute Gasteiger partial charge is 0.104 e. The molecular formula is C12H21NO2S. The lowest BCUT2D eigenvalue weighted by Gasteiger charge is -2.27. The molecule has 0 saturated heterocycles. The summed E-state index contributed by atoms with van der Waals surface area (Å²) >= 11 is 1.56. The first-order chi connectivity index (χ1) is 7.52. The van der Waals surface area contributed by atoms with Gasteiger partial charge in [-0.1, -0.05) is 19.9 Å². The Hall–Kier alpha value is -0.420. The molecule has 3 unspecified atom stereocenters. The van der Waals surface area contributed by atoms with Crippen LogP contribution >= 0.6 is 11.3 Å². The van der Waals surface area contributed by atoms with Crippen LogP contribution in [0.4, 0.5) is 0 Å². The molecule has 0 aliphatic heterocycles. The van der Waals surface area contributed by atoms with Crippen LogP contribution in [-0.2, 0) is 0 Å². The Labute approximate surface area is 101 Å². The predicted molar refractivity (Wildman–Crippen MR) is 67.6 cm³/mol. The molecule has 3 N–H and O–H groups in total. The Morgan fingerprint density at radius 1 is 1.31 bits per heavy atom. The fourth-order valence-electron chi connectivity index (χ4n) is 1.66. The highest BCUT2D eigenvalue weighted by Gasteiger charge is 2.24. The third kappa shape index (κ3) is 3.87. The van der Waals surface area contributed by atoms with Gasteiger partial charge in [0.1, 0.15) is 6.10 Å². The first-order valence-electron chi connectivity index (χ1n) is 5.65. The van der Waals surface area contributed by atoms with Gasteiger partial charge in [0.2, 0.25) is 0 Å². The van der Waals surface area contributed by atoms with Gasteiger partial charge in [0.15, 0.2) is 0 Å². The van der Waals surface area contributed by atoms with Crippen molar-refractivity contribution in [1.29, 1.82) is 0 Å². The SMILES string of the molecule is CC(O)CNC(C(C)C)C(O)c1cccs1. The Balaban J connectivity index is 2.62.